The van der Waals surface area contributed by atoms with Crippen LogP contribution in [0.25, 0.3) is 0 Å². The molecule has 1 aromatic rings. The first-order valence-corrected chi connectivity index (χ1v) is 6.11. The van der Waals surface area contributed by atoms with E-state index in [9.17, 15) is 0 Å². The predicted molar refractivity (Wildman–Crippen MR) is 56.0 cm³/mol. The standard InChI is InChI=1S/C10H12BP/c11-12-8-4-7-10(12)9-5-2-1-3-6-9/h1-3,5-6,10H,4,7-8H2. The molecule has 1 saturated heterocycles. The van der Waals surface area contributed by atoms with Gasteiger partial charge in [-0.1, -0.05) is 30.3 Å². The van der Waals surface area contributed by atoms with E-state index in [4.69, 9.17) is 7.57 Å². The third-order valence-electron chi connectivity index (χ3n) is 2.48. The van der Waals surface area contributed by atoms with Crippen molar-refractivity contribution in [2.75, 3.05) is 6.16 Å². The molecule has 0 amide bonds. The van der Waals surface area contributed by atoms with Gasteiger partial charge in [0.15, 0.2) is 0 Å². The second-order valence-electron chi connectivity index (χ2n) is 3.31. The molecule has 2 atom stereocenters. The molecule has 0 spiro atoms. The molecule has 1 aliphatic rings. The van der Waals surface area contributed by atoms with Gasteiger partial charge >= 0.3 is 0 Å². The van der Waals surface area contributed by atoms with Crippen molar-refractivity contribution < 1.29 is 0 Å². The SMILES string of the molecule is [B]P1CCCC1c1ccccc1. The van der Waals surface area contributed by atoms with Crippen molar-refractivity contribution in [2.45, 2.75) is 18.5 Å². The molecule has 2 heteroatoms. The first-order valence-electron chi connectivity index (χ1n) is 4.44. The third-order valence-corrected chi connectivity index (χ3v) is 4.67. The van der Waals surface area contributed by atoms with Gasteiger partial charge in [-0.2, -0.15) is 0 Å². The highest BCUT2D eigenvalue weighted by atomic mass is 31.1. The van der Waals surface area contributed by atoms with Crippen LogP contribution in [0.5, 0.6) is 0 Å². The van der Waals surface area contributed by atoms with Gasteiger partial charge in [0, 0.05) is 0 Å². The summed E-state index contributed by atoms with van der Waals surface area (Å²) < 4.78 is 0. The lowest BCUT2D eigenvalue weighted by molar-refractivity contribution is 0.828. The van der Waals surface area contributed by atoms with E-state index in [-0.39, 0.29) is 7.80 Å². The Hall–Kier alpha value is -0.285. The number of hydrogen-bond donors (Lipinski definition) is 0. The van der Waals surface area contributed by atoms with Gasteiger partial charge in [0.05, 0.1) is 0 Å². The zero-order valence-corrected chi connectivity index (χ0v) is 8.00. The van der Waals surface area contributed by atoms with Crippen molar-refractivity contribution >= 4 is 15.4 Å². The summed E-state index contributed by atoms with van der Waals surface area (Å²) in [7, 11) is 5.87. The van der Waals surface area contributed by atoms with E-state index in [0.29, 0.717) is 5.66 Å². The van der Waals surface area contributed by atoms with Crippen molar-refractivity contribution in [1.82, 2.24) is 0 Å². The lowest BCUT2D eigenvalue weighted by Crippen LogP contribution is -1.89. The Morgan fingerprint density at radius 3 is 2.58 bits per heavy atom. The zero-order valence-electron chi connectivity index (χ0n) is 7.11. The van der Waals surface area contributed by atoms with E-state index in [1.165, 1.54) is 24.6 Å². The van der Waals surface area contributed by atoms with E-state index >= 15 is 0 Å². The summed E-state index contributed by atoms with van der Waals surface area (Å²) in [4.78, 5) is 0. The van der Waals surface area contributed by atoms with Crippen LogP contribution in [0.4, 0.5) is 0 Å². The van der Waals surface area contributed by atoms with E-state index in [2.05, 4.69) is 30.3 Å². The minimum absolute atomic E-state index is 0.205. The van der Waals surface area contributed by atoms with Crippen molar-refractivity contribution in [3.8, 4) is 0 Å². The molecule has 1 aromatic carbocycles. The molecule has 0 aliphatic carbocycles. The van der Waals surface area contributed by atoms with Gasteiger partial charge in [-0.05, 0) is 30.2 Å². The first-order chi connectivity index (χ1) is 5.88. The molecular formula is C10H12BP. The van der Waals surface area contributed by atoms with Crippen LogP contribution in [0.3, 0.4) is 0 Å². The summed E-state index contributed by atoms with van der Waals surface area (Å²) in [6.45, 7) is 0. The van der Waals surface area contributed by atoms with E-state index in [1.807, 2.05) is 0 Å². The molecule has 2 unspecified atom stereocenters. The molecule has 0 saturated carbocycles. The molecule has 2 rings (SSSR count). The van der Waals surface area contributed by atoms with Crippen molar-refractivity contribution in [1.29, 1.82) is 0 Å². The quantitative estimate of drug-likeness (QED) is 0.453. The lowest BCUT2D eigenvalue weighted by Gasteiger charge is -2.16. The minimum Gasteiger partial charge on any atom is -0.149 e. The summed E-state index contributed by atoms with van der Waals surface area (Å²) in [6.07, 6.45) is 3.88. The first kappa shape index (κ1) is 8.32. The van der Waals surface area contributed by atoms with E-state index < -0.39 is 0 Å². The summed E-state index contributed by atoms with van der Waals surface area (Å²) >= 11 is 0. The highest BCUT2D eigenvalue weighted by Crippen LogP contribution is 2.55. The van der Waals surface area contributed by atoms with Gasteiger partial charge in [0.1, 0.15) is 7.57 Å². The molecule has 1 heterocycles. The predicted octanol–water partition coefficient (Wildman–Crippen LogP) is 3.09. The topological polar surface area (TPSA) is 0 Å². The molecule has 1 aliphatic heterocycles. The maximum Gasteiger partial charge on any atom is 0.109 e. The molecule has 60 valence electrons. The van der Waals surface area contributed by atoms with Crippen LogP contribution in [0.1, 0.15) is 24.1 Å². The molecule has 1 fully saturated rings. The van der Waals surface area contributed by atoms with Crippen LogP contribution in [0, 0.1) is 0 Å². The van der Waals surface area contributed by atoms with Crippen LogP contribution >= 0.6 is 7.80 Å². The fraction of sp³-hybridized carbons (Fsp3) is 0.400. The van der Waals surface area contributed by atoms with Gasteiger partial charge in [0.25, 0.3) is 0 Å². The van der Waals surface area contributed by atoms with Gasteiger partial charge < -0.3 is 0 Å². The Balaban J connectivity index is 2.19. The Bertz CT molecular complexity index is 247. The summed E-state index contributed by atoms with van der Waals surface area (Å²) in [5, 5.41) is 0. The zero-order chi connectivity index (χ0) is 8.39. The Morgan fingerprint density at radius 1 is 1.25 bits per heavy atom. The second-order valence-corrected chi connectivity index (χ2v) is 5.41. The van der Waals surface area contributed by atoms with Crippen LogP contribution in [-0.2, 0) is 0 Å². The van der Waals surface area contributed by atoms with E-state index in [1.54, 1.807) is 0 Å². The Kier molecular flexibility index (Phi) is 2.51. The smallest absolute Gasteiger partial charge is 0.109 e. The fourth-order valence-corrected chi connectivity index (χ4v) is 3.75. The Morgan fingerprint density at radius 2 is 2.00 bits per heavy atom. The third kappa shape index (κ3) is 1.56. The second kappa shape index (κ2) is 3.62. The summed E-state index contributed by atoms with van der Waals surface area (Å²) in [5.74, 6) is 0. The molecule has 12 heavy (non-hydrogen) atoms. The highest BCUT2D eigenvalue weighted by Gasteiger charge is 2.22. The van der Waals surface area contributed by atoms with Crippen molar-refractivity contribution in [3.63, 3.8) is 0 Å². The normalized spacial score (nSPS) is 29.0. The average molecular weight is 174 g/mol. The maximum absolute atomic E-state index is 6.08. The molecule has 0 aromatic heterocycles. The monoisotopic (exact) mass is 174 g/mol. The van der Waals surface area contributed by atoms with Crippen LogP contribution in [-0.4, -0.2) is 13.7 Å². The number of hydrogen-bond acceptors (Lipinski definition) is 0. The molecule has 0 N–H and O–H groups in total. The molecule has 2 radical (unpaired) electrons. The van der Waals surface area contributed by atoms with Crippen LogP contribution < -0.4 is 0 Å². The molecule has 0 bridgehead atoms. The van der Waals surface area contributed by atoms with Gasteiger partial charge in [0.2, 0.25) is 0 Å². The highest BCUT2D eigenvalue weighted by molar-refractivity contribution is 7.82. The average Bonchev–Trinajstić information content (AvgIpc) is 2.53. The lowest BCUT2D eigenvalue weighted by atomic mass is 10.1. The van der Waals surface area contributed by atoms with Crippen molar-refractivity contribution in [2.24, 2.45) is 0 Å². The van der Waals surface area contributed by atoms with Gasteiger partial charge in [-0.3, -0.25) is 0 Å². The largest absolute Gasteiger partial charge is 0.149 e. The summed E-state index contributed by atoms with van der Waals surface area (Å²) in [6, 6.07) is 10.7. The minimum atomic E-state index is -0.205. The van der Waals surface area contributed by atoms with Gasteiger partial charge in [-0.15, -0.1) is 7.80 Å². The van der Waals surface area contributed by atoms with Crippen molar-refractivity contribution in [3.05, 3.63) is 35.9 Å². The Labute approximate surface area is 76.5 Å². The van der Waals surface area contributed by atoms with Gasteiger partial charge in [-0.25, -0.2) is 0 Å². The number of rotatable bonds is 1. The molecular weight excluding hydrogens is 162 g/mol. The van der Waals surface area contributed by atoms with Crippen LogP contribution in [0.2, 0.25) is 0 Å². The summed E-state index contributed by atoms with van der Waals surface area (Å²) in [5.41, 5.74) is 2.13. The van der Waals surface area contributed by atoms with E-state index in [0.717, 1.165) is 0 Å². The molecule has 0 nitrogen and oxygen atoms in total. The fourth-order valence-electron chi connectivity index (χ4n) is 1.82. The maximum atomic E-state index is 6.08. The van der Waals surface area contributed by atoms with Crippen LogP contribution in [0.15, 0.2) is 30.3 Å². The number of benzene rings is 1.